The van der Waals surface area contributed by atoms with Gasteiger partial charge in [0.15, 0.2) is 5.78 Å². The minimum atomic E-state index is -3.75. The van der Waals surface area contributed by atoms with Crippen LogP contribution in [-0.4, -0.2) is 60.1 Å². The number of carbonyl (C=O) groups excluding carboxylic acids is 2. The van der Waals surface area contributed by atoms with Crippen molar-refractivity contribution in [2.45, 2.75) is 18.4 Å². The summed E-state index contributed by atoms with van der Waals surface area (Å²) >= 11 is 0. The molecule has 3 aromatic rings. The van der Waals surface area contributed by atoms with Crippen LogP contribution >= 0.6 is 0 Å². The molecule has 9 heteroatoms. The van der Waals surface area contributed by atoms with Crippen LogP contribution in [0.15, 0.2) is 82.6 Å². The molecule has 0 aliphatic carbocycles. The Morgan fingerprint density at radius 2 is 1.50 bits per heavy atom. The standard InChI is InChI=1S/C25H25N3O5S/c1-19(29)21-9-11-22(12-10-21)34(32,33)28-16-14-26(15-17-28)24(30)23-8-5-13-27(25(23)31)18-20-6-3-2-4-7-20/h2-13H,14-18H2,1H3. The van der Waals surface area contributed by atoms with Crippen LogP contribution in [0.4, 0.5) is 0 Å². The van der Waals surface area contributed by atoms with Gasteiger partial charge in [0, 0.05) is 37.9 Å². The van der Waals surface area contributed by atoms with Gasteiger partial charge >= 0.3 is 0 Å². The summed E-state index contributed by atoms with van der Waals surface area (Å²) in [6.45, 7) is 2.37. The zero-order chi connectivity index (χ0) is 24.3. The van der Waals surface area contributed by atoms with Crippen molar-refractivity contribution in [2.24, 2.45) is 0 Å². The number of rotatable bonds is 6. The minimum absolute atomic E-state index is 0.0644. The Balaban J connectivity index is 1.45. The molecule has 1 aromatic heterocycles. The highest BCUT2D eigenvalue weighted by Gasteiger charge is 2.31. The highest BCUT2D eigenvalue weighted by atomic mass is 32.2. The topological polar surface area (TPSA) is 96.8 Å². The van der Waals surface area contributed by atoms with Crippen LogP contribution in [0.5, 0.6) is 0 Å². The maximum absolute atomic E-state index is 13.1. The first-order valence-electron chi connectivity index (χ1n) is 10.9. The van der Waals surface area contributed by atoms with Gasteiger partial charge in [0.25, 0.3) is 11.5 Å². The highest BCUT2D eigenvalue weighted by Crippen LogP contribution is 2.19. The Hall–Kier alpha value is -3.56. The molecule has 1 amide bonds. The molecule has 0 N–H and O–H groups in total. The lowest BCUT2D eigenvalue weighted by Gasteiger charge is -2.34. The van der Waals surface area contributed by atoms with Crippen molar-refractivity contribution in [3.05, 3.63) is 100.0 Å². The Kier molecular flexibility index (Phi) is 6.76. The number of sulfonamides is 1. The van der Waals surface area contributed by atoms with Crippen molar-refractivity contribution >= 4 is 21.7 Å². The molecule has 2 aromatic carbocycles. The zero-order valence-electron chi connectivity index (χ0n) is 18.8. The summed E-state index contributed by atoms with van der Waals surface area (Å²) in [6.07, 6.45) is 1.65. The van der Waals surface area contributed by atoms with Gasteiger partial charge in [-0.3, -0.25) is 14.4 Å². The van der Waals surface area contributed by atoms with E-state index in [1.54, 1.807) is 12.3 Å². The molecule has 0 spiro atoms. The molecule has 4 rings (SSSR count). The van der Waals surface area contributed by atoms with Gasteiger partial charge in [0.05, 0.1) is 11.4 Å². The third-order valence-corrected chi connectivity index (χ3v) is 7.78. The van der Waals surface area contributed by atoms with E-state index in [4.69, 9.17) is 0 Å². The lowest BCUT2D eigenvalue weighted by molar-refractivity contribution is 0.0695. The van der Waals surface area contributed by atoms with Crippen molar-refractivity contribution in [3.8, 4) is 0 Å². The normalized spacial score (nSPS) is 14.7. The number of nitrogens with zero attached hydrogens (tertiary/aromatic N) is 3. The van der Waals surface area contributed by atoms with E-state index in [2.05, 4.69) is 0 Å². The van der Waals surface area contributed by atoms with Crippen LogP contribution in [0.2, 0.25) is 0 Å². The second kappa shape index (κ2) is 9.74. The van der Waals surface area contributed by atoms with Crippen molar-refractivity contribution in [1.82, 2.24) is 13.8 Å². The van der Waals surface area contributed by atoms with Crippen molar-refractivity contribution in [1.29, 1.82) is 0 Å². The monoisotopic (exact) mass is 479 g/mol. The van der Waals surface area contributed by atoms with Gasteiger partial charge in [-0.1, -0.05) is 42.5 Å². The summed E-state index contributed by atoms with van der Waals surface area (Å²) in [6, 6.07) is 18.5. The first kappa shape index (κ1) is 23.6. The number of aromatic nitrogens is 1. The SMILES string of the molecule is CC(=O)c1ccc(S(=O)(=O)N2CCN(C(=O)c3cccn(Cc4ccccc4)c3=O)CC2)cc1. The average Bonchev–Trinajstić information content (AvgIpc) is 2.85. The number of Topliss-reactive ketones (excluding diaryl/α,β-unsaturated/α-hetero) is 1. The molecule has 34 heavy (non-hydrogen) atoms. The summed E-state index contributed by atoms with van der Waals surface area (Å²) in [5.74, 6) is -0.546. The average molecular weight is 480 g/mol. The van der Waals surface area contributed by atoms with Gasteiger partial charge < -0.3 is 9.47 Å². The smallest absolute Gasteiger partial charge is 0.263 e. The van der Waals surface area contributed by atoms with Gasteiger partial charge in [0.2, 0.25) is 10.0 Å². The van der Waals surface area contributed by atoms with Gasteiger partial charge in [-0.05, 0) is 36.8 Å². The molecule has 0 saturated carbocycles. The van der Waals surface area contributed by atoms with Crippen molar-refractivity contribution < 1.29 is 18.0 Å². The fraction of sp³-hybridized carbons (Fsp3) is 0.240. The predicted molar refractivity (Wildman–Crippen MR) is 127 cm³/mol. The molecular formula is C25H25N3O5S. The molecular weight excluding hydrogens is 454 g/mol. The number of piperazine rings is 1. The summed E-state index contributed by atoms with van der Waals surface area (Å²) in [5.41, 5.74) is 1.08. The van der Waals surface area contributed by atoms with Crippen LogP contribution in [0.25, 0.3) is 0 Å². The van der Waals surface area contributed by atoms with E-state index in [9.17, 15) is 22.8 Å². The van der Waals surface area contributed by atoms with Crippen LogP contribution in [-0.2, 0) is 16.6 Å². The van der Waals surface area contributed by atoms with Crippen LogP contribution in [0, 0.1) is 0 Å². The lowest BCUT2D eigenvalue weighted by atomic mass is 10.2. The van der Waals surface area contributed by atoms with Crippen LogP contribution in [0.3, 0.4) is 0 Å². The third-order valence-electron chi connectivity index (χ3n) is 5.87. The van der Waals surface area contributed by atoms with Gasteiger partial charge in [-0.2, -0.15) is 4.31 Å². The Morgan fingerprint density at radius 1 is 0.853 bits per heavy atom. The molecule has 0 unspecified atom stereocenters. The second-order valence-corrected chi connectivity index (χ2v) is 10.1. The van der Waals surface area contributed by atoms with Gasteiger partial charge in [0.1, 0.15) is 5.56 Å². The highest BCUT2D eigenvalue weighted by molar-refractivity contribution is 7.89. The lowest BCUT2D eigenvalue weighted by Crippen LogP contribution is -2.51. The third kappa shape index (κ3) is 4.85. The fourth-order valence-corrected chi connectivity index (χ4v) is 5.34. The largest absolute Gasteiger partial charge is 0.336 e. The molecule has 0 radical (unpaired) electrons. The van der Waals surface area contributed by atoms with Crippen molar-refractivity contribution in [2.75, 3.05) is 26.2 Å². The van der Waals surface area contributed by atoms with E-state index < -0.39 is 15.9 Å². The maximum atomic E-state index is 13.1. The molecule has 8 nitrogen and oxygen atoms in total. The first-order valence-corrected chi connectivity index (χ1v) is 12.3. The van der Waals surface area contributed by atoms with E-state index >= 15 is 0 Å². The summed E-state index contributed by atoms with van der Waals surface area (Å²) in [5, 5.41) is 0. The molecule has 1 aliphatic heterocycles. The molecule has 0 bridgehead atoms. The van der Waals surface area contributed by atoms with E-state index in [-0.39, 0.29) is 48.0 Å². The van der Waals surface area contributed by atoms with E-state index in [0.717, 1.165) is 5.56 Å². The van der Waals surface area contributed by atoms with E-state index in [0.29, 0.717) is 12.1 Å². The second-order valence-electron chi connectivity index (χ2n) is 8.12. The summed E-state index contributed by atoms with van der Waals surface area (Å²) in [4.78, 5) is 39.0. The first-order chi connectivity index (χ1) is 16.3. The molecule has 1 aliphatic rings. The number of carbonyl (C=O) groups is 2. The van der Waals surface area contributed by atoms with Crippen LogP contribution in [0.1, 0.15) is 33.2 Å². The summed E-state index contributed by atoms with van der Waals surface area (Å²) < 4.78 is 28.8. The number of hydrogen-bond acceptors (Lipinski definition) is 5. The molecule has 1 saturated heterocycles. The molecule has 176 valence electrons. The Morgan fingerprint density at radius 3 is 2.12 bits per heavy atom. The van der Waals surface area contributed by atoms with Gasteiger partial charge in [-0.15, -0.1) is 0 Å². The number of amides is 1. The summed E-state index contributed by atoms with van der Waals surface area (Å²) in [7, 11) is -3.75. The van der Waals surface area contributed by atoms with Crippen molar-refractivity contribution in [3.63, 3.8) is 0 Å². The number of ketones is 1. The van der Waals surface area contributed by atoms with Crippen LogP contribution < -0.4 is 5.56 Å². The number of pyridine rings is 1. The Bertz CT molecular complexity index is 1360. The quantitative estimate of drug-likeness (QED) is 0.505. The number of hydrogen-bond donors (Lipinski definition) is 0. The van der Waals surface area contributed by atoms with E-state index in [1.807, 2.05) is 30.3 Å². The predicted octanol–water partition coefficient (Wildman–Crippen LogP) is 2.25. The Labute approximate surface area is 198 Å². The number of benzene rings is 2. The minimum Gasteiger partial charge on any atom is -0.336 e. The molecule has 1 fully saturated rings. The molecule has 2 heterocycles. The maximum Gasteiger partial charge on any atom is 0.263 e. The van der Waals surface area contributed by atoms with E-state index in [1.165, 1.54) is 51.0 Å². The fourth-order valence-electron chi connectivity index (χ4n) is 3.92. The van der Waals surface area contributed by atoms with Gasteiger partial charge in [-0.25, -0.2) is 8.42 Å². The zero-order valence-corrected chi connectivity index (χ0v) is 19.6. The molecule has 0 atom stereocenters.